The van der Waals surface area contributed by atoms with Crippen molar-refractivity contribution in [1.82, 2.24) is 4.98 Å². The van der Waals surface area contributed by atoms with Crippen molar-refractivity contribution >= 4 is 11.8 Å². The summed E-state index contributed by atoms with van der Waals surface area (Å²) in [5.74, 6) is 0.383. The van der Waals surface area contributed by atoms with Crippen LogP contribution in [0.5, 0.6) is 0 Å². The van der Waals surface area contributed by atoms with Crippen LogP contribution in [-0.4, -0.2) is 30.1 Å². The molecule has 190 valence electrons. The molecule has 0 radical (unpaired) electrons. The van der Waals surface area contributed by atoms with Crippen molar-refractivity contribution in [3.63, 3.8) is 0 Å². The second-order valence-corrected chi connectivity index (χ2v) is 9.47. The largest absolute Gasteiger partial charge is 0.459 e. The van der Waals surface area contributed by atoms with Gasteiger partial charge in [0, 0.05) is 19.3 Å². The molecule has 2 aromatic carbocycles. The SMILES string of the molecule is C=C(Cc1ccccc1-c1ccc(F)cc1)[C@@H]1CCN(c2ncccc2C(=O)OC(C)C)C1.CCC. The summed E-state index contributed by atoms with van der Waals surface area (Å²) in [6, 6.07) is 18.3. The number of hydrogen-bond donors (Lipinski definition) is 0. The van der Waals surface area contributed by atoms with Crippen LogP contribution in [0.25, 0.3) is 11.1 Å². The molecule has 1 aliphatic heterocycles. The number of rotatable bonds is 7. The number of esters is 1. The molecule has 4 rings (SSSR count). The van der Waals surface area contributed by atoms with Crippen molar-refractivity contribution in [1.29, 1.82) is 0 Å². The molecule has 0 saturated carbocycles. The molecular formula is C31H37FN2O2. The number of carbonyl (C=O) groups is 1. The molecule has 0 aliphatic carbocycles. The molecule has 0 amide bonds. The Balaban J connectivity index is 0.00000115. The molecular weight excluding hydrogens is 451 g/mol. The summed E-state index contributed by atoms with van der Waals surface area (Å²) in [6.45, 7) is 13.9. The first-order valence-corrected chi connectivity index (χ1v) is 12.8. The lowest BCUT2D eigenvalue weighted by molar-refractivity contribution is 0.0378. The lowest BCUT2D eigenvalue weighted by Gasteiger charge is -2.21. The maximum Gasteiger partial charge on any atom is 0.342 e. The number of ether oxygens (including phenoxy) is 1. The van der Waals surface area contributed by atoms with Crippen LogP contribution < -0.4 is 4.90 Å². The number of pyridine rings is 1. The summed E-state index contributed by atoms with van der Waals surface area (Å²) in [5, 5.41) is 0. The molecule has 0 unspecified atom stereocenters. The molecule has 36 heavy (non-hydrogen) atoms. The van der Waals surface area contributed by atoms with Gasteiger partial charge in [-0.2, -0.15) is 0 Å². The topological polar surface area (TPSA) is 42.4 Å². The van der Waals surface area contributed by atoms with E-state index in [2.05, 4.69) is 42.4 Å². The predicted octanol–water partition coefficient (Wildman–Crippen LogP) is 7.49. The number of nitrogens with zero attached hydrogens (tertiary/aromatic N) is 2. The highest BCUT2D eigenvalue weighted by Crippen LogP contribution is 2.32. The number of anilines is 1. The Morgan fingerprint density at radius 2 is 1.81 bits per heavy atom. The third-order valence-corrected chi connectivity index (χ3v) is 6.00. The number of benzene rings is 2. The molecule has 1 aromatic heterocycles. The first-order chi connectivity index (χ1) is 17.3. The quantitative estimate of drug-likeness (QED) is 0.255. The molecule has 1 fully saturated rings. The van der Waals surface area contributed by atoms with Gasteiger partial charge in [-0.1, -0.05) is 68.8 Å². The fourth-order valence-corrected chi connectivity index (χ4v) is 4.35. The van der Waals surface area contributed by atoms with Gasteiger partial charge in [-0.15, -0.1) is 0 Å². The fraction of sp³-hybridized carbons (Fsp3) is 0.355. The molecule has 5 heteroatoms. The third kappa shape index (κ3) is 7.03. The molecule has 4 nitrogen and oxygen atoms in total. The Morgan fingerprint density at radius 1 is 1.11 bits per heavy atom. The van der Waals surface area contributed by atoms with Gasteiger partial charge in [0.25, 0.3) is 0 Å². The smallest absolute Gasteiger partial charge is 0.342 e. The van der Waals surface area contributed by atoms with Crippen LogP contribution in [0.1, 0.15) is 56.5 Å². The first-order valence-electron chi connectivity index (χ1n) is 12.8. The Morgan fingerprint density at radius 3 is 2.50 bits per heavy atom. The maximum atomic E-state index is 13.4. The Kier molecular flexibility index (Phi) is 9.80. The molecule has 1 atom stereocenters. The van der Waals surface area contributed by atoms with Crippen LogP contribution >= 0.6 is 0 Å². The number of aromatic nitrogens is 1. The van der Waals surface area contributed by atoms with E-state index in [1.54, 1.807) is 18.3 Å². The van der Waals surface area contributed by atoms with Crippen molar-refractivity contribution < 1.29 is 13.9 Å². The van der Waals surface area contributed by atoms with E-state index in [1.165, 1.54) is 24.1 Å². The Labute approximate surface area is 214 Å². The third-order valence-electron chi connectivity index (χ3n) is 6.00. The van der Waals surface area contributed by atoms with E-state index < -0.39 is 0 Å². The minimum atomic E-state index is -0.344. The van der Waals surface area contributed by atoms with E-state index in [0.717, 1.165) is 42.6 Å². The number of halogens is 1. The predicted molar refractivity (Wildman–Crippen MR) is 146 cm³/mol. The van der Waals surface area contributed by atoms with Crippen molar-refractivity contribution in [3.05, 3.63) is 96.0 Å². The van der Waals surface area contributed by atoms with E-state index >= 15 is 0 Å². The first kappa shape index (κ1) is 27.1. The van der Waals surface area contributed by atoms with Crippen LogP contribution in [0.2, 0.25) is 0 Å². The van der Waals surface area contributed by atoms with Gasteiger partial charge in [0.1, 0.15) is 17.2 Å². The maximum absolute atomic E-state index is 13.4. The van der Waals surface area contributed by atoms with Gasteiger partial charge >= 0.3 is 5.97 Å². The monoisotopic (exact) mass is 488 g/mol. The molecule has 3 aromatic rings. The van der Waals surface area contributed by atoms with Gasteiger partial charge in [0.05, 0.1) is 6.10 Å². The summed E-state index contributed by atoms with van der Waals surface area (Å²) in [4.78, 5) is 19.2. The molecule has 0 N–H and O–H groups in total. The zero-order valence-corrected chi connectivity index (χ0v) is 21.8. The van der Waals surface area contributed by atoms with Crippen LogP contribution in [0.15, 0.2) is 79.0 Å². The van der Waals surface area contributed by atoms with Crippen LogP contribution in [-0.2, 0) is 11.2 Å². The van der Waals surface area contributed by atoms with Gasteiger partial charge in [-0.3, -0.25) is 0 Å². The van der Waals surface area contributed by atoms with Crippen molar-refractivity contribution in [2.24, 2.45) is 5.92 Å². The van der Waals surface area contributed by atoms with Crippen LogP contribution in [0.4, 0.5) is 10.2 Å². The molecule has 1 aliphatic rings. The molecule has 0 bridgehead atoms. The molecule has 1 saturated heterocycles. The average Bonchev–Trinajstić information content (AvgIpc) is 3.36. The van der Waals surface area contributed by atoms with E-state index in [9.17, 15) is 9.18 Å². The summed E-state index contributed by atoms with van der Waals surface area (Å²) < 4.78 is 18.8. The highest BCUT2D eigenvalue weighted by Gasteiger charge is 2.29. The summed E-state index contributed by atoms with van der Waals surface area (Å²) in [6.07, 6.45) is 4.48. The summed E-state index contributed by atoms with van der Waals surface area (Å²) in [5.41, 5.74) is 4.91. The minimum absolute atomic E-state index is 0.183. The van der Waals surface area contributed by atoms with Crippen LogP contribution in [0, 0.1) is 11.7 Å². The second-order valence-electron chi connectivity index (χ2n) is 9.47. The highest BCUT2D eigenvalue weighted by molar-refractivity contribution is 5.95. The zero-order chi connectivity index (χ0) is 26.1. The Bertz CT molecular complexity index is 1160. The van der Waals surface area contributed by atoms with E-state index in [1.807, 2.05) is 38.1 Å². The van der Waals surface area contributed by atoms with Gasteiger partial charge in [-0.25, -0.2) is 14.2 Å². The summed E-state index contributed by atoms with van der Waals surface area (Å²) >= 11 is 0. The van der Waals surface area contributed by atoms with Gasteiger partial charge in [-0.05, 0) is 73.6 Å². The normalized spacial score (nSPS) is 14.8. The lowest BCUT2D eigenvalue weighted by Crippen LogP contribution is -2.25. The zero-order valence-electron chi connectivity index (χ0n) is 21.8. The van der Waals surface area contributed by atoms with Gasteiger partial charge in [0.2, 0.25) is 0 Å². The summed E-state index contributed by atoms with van der Waals surface area (Å²) in [7, 11) is 0. The number of hydrogen-bond acceptors (Lipinski definition) is 4. The Hall–Kier alpha value is -3.47. The second kappa shape index (κ2) is 13.0. The molecule has 0 spiro atoms. The van der Waals surface area contributed by atoms with Gasteiger partial charge < -0.3 is 9.64 Å². The number of carbonyl (C=O) groups excluding carboxylic acids is 1. The van der Waals surface area contributed by atoms with Crippen LogP contribution in [0.3, 0.4) is 0 Å². The minimum Gasteiger partial charge on any atom is -0.459 e. The fourth-order valence-electron chi connectivity index (χ4n) is 4.35. The standard InChI is InChI=1S/C28H29FN2O2.C3H8/c1-19(2)33-28(32)26-9-6-15-30-27(26)31-16-14-23(18-31)20(3)17-22-7-4-5-8-25(22)21-10-12-24(29)13-11-21;1-3-2/h4-13,15,19,23H,3,14,16-18H2,1-2H3;3H2,1-2H3/t23-;/m1./s1. The van der Waals surface area contributed by atoms with E-state index in [0.29, 0.717) is 17.3 Å². The molecule has 2 heterocycles. The van der Waals surface area contributed by atoms with E-state index in [-0.39, 0.29) is 17.9 Å². The lowest BCUT2D eigenvalue weighted by atomic mass is 9.90. The van der Waals surface area contributed by atoms with Gasteiger partial charge in [0.15, 0.2) is 0 Å². The van der Waals surface area contributed by atoms with Crippen molar-refractivity contribution in [2.75, 3.05) is 18.0 Å². The average molecular weight is 489 g/mol. The van der Waals surface area contributed by atoms with E-state index in [4.69, 9.17) is 4.74 Å². The van der Waals surface area contributed by atoms with Crippen molar-refractivity contribution in [2.45, 2.75) is 53.1 Å². The van der Waals surface area contributed by atoms with Crippen molar-refractivity contribution in [3.8, 4) is 11.1 Å². The highest BCUT2D eigenvalue weighted by atomic mass is 19.1.